The summed E-state index contributed by atoms with van der Waals surface area (Å²) < 4.78 is 0. The minimum absolute atomic E-state index is 0.184. The van der Waals surface area contributed by atoms with Crippen molar-refractivity contribution >= 4 is 11.8 Å². The molecule has 0 aromatic heterocycles. The second kappa shape index (κ2) is 6.53. The van der Waals surface area contributed by atoms with Gasteiger partial charge in [-0.15, -0.1) is 0 Å². The van der Waals surface area contributed by atoms with Gasteiger partial charge in [0.1, 0.15) is 0 Å². The van der Waals surface area contributed by atoms with Crippen molar-refractivity contribution in [1.82, 2.24) is 4.90 Å². The Labute approximate surface area is 122 Å². The molecule has 0 aliphatic carbocycles. The first-order valence-electron chi connectivity index (χ1n) is 7.40. The Morgan fingerprint density at radius 3 is 2.00 bits per heavy atom. The first-order chi connectivity index (χ1) is 9.17. The molecule has 2 N–H and O–H groups in total. The second-order valence-electron chi connectivity index (χ2n) is 7.31. The topological polar surface area (TPSA) is 63.4 Å². The van der Waals surface area contributed by atoms with E-state index in [0.29, 0.717) is 13.1 Å². The van der Waals surface area contributed by atoms with Crippen LogP contribution in [0.1, 0.15) is 53.4 Å². The maximum absolute atomic E-state index is 11.5. The van der Waals surface area contributed by atoms with E-state index in [1.807, 2.05) is 0 Å². The Morgan fingerprint density at radius 2 is 1.50 bits per heavy atom. The summed E-state index contributed by atoms with van der Waals surface area (Å²) in [6, 6.07) is 0. The van der Waals surface area contributed by atoms with Gasteiger partial charge in [-0.1, -0.05) is 27.7 Å². The molecule has 0 saturated heterocycles. The Hall–Kier alpha value is -1.16. The smallest absolute Gasteiger partial charge is 0.253 e. The number of nitrogens with zero attached hydrogens (tertiary/aromatic N) is 1. The third-order valence-corrected chi connectivity index (χ3v) is 3.91. The molecule has 0 aromatic rings. The Kier molecular flexibility index (Phi) is 5.51. The van der Waals surface area contributed by atoms with E-state index in [1.165, 1.54) is 17.1 Å². The summed E-state index contributed by atoms with van der Waals surface area (Å²) in [4.78, 5) is 24.2. The van der Waals surface area contributed by atoms with Crippen molar-refractivity contribution in [2.45, 2.75) is 53.4 Å². The predicted molar refractivity (Wildman–Crippen MR) is 80.9 cm³/mol. The Bertz CT molecular complexity index is 379. The van der Waals surface area contributed by atoms with Crippen LogP contribution in [0.15, 0.2) is 12.2 Å². The number of hydrogen-bond acceptors (Lipinski definition) is 3. The molecule has 0 saturated carbocycles. The zero-order valence-electron chi connectivity index (χ0n) is 13.2. The third-order valence-electron chi connectivity index (χ3n) is 3.91. The molecule has 0 atom stereocenters. The van der Waals surface area contributed by atoms with Gasteiger partial charge in [-0.2, -0.15) is 0 Å². The third kappa shape index (κ3) is 5.08. The zero-order valence-corrected chi connectivity index (χ0v) is 13.2. The molecule has 114 valence electrons. The van der Waals surface area contributed by atoms with Gasteiger partial charge in [0, 0.05) is 18.7 Å². The molecule has 0 unspecified atom stereocenters. The highest BCUT2D eigenvalue weighted by molar-refractivity contribution is 6.12. The predicted octanol–water partition coefficient (Wildman–Crippen LogP) is 2.48. The van der Waals surface area contributed by atoms with Crippen molar-refractivity contribution in [3.63, 3.8) is 0 Å². The van der Waals surface area contributed by atoms with Crippen LogP contribution in [0.2, 0.25) is 0 Å². The Balaban J connectivity index is 2.40. The molecular formula is C16H28N2O2. The van der Waals surface area contributed by atoms with Crippen LogP contribution in [0.4, 0.5) is 0 Å². The van der Waals surface area contributed by atoms with Crippen LogP contribution in [-0.2, 0) is 9.59 Å². The maximum Gasteiger partial charge on any atom is 0.253 e. The fourth-order valence-corrected chi connectivity index (χ4v) is 3.23. The van der Waals surface area contributed by atoms with Crippen molar-refractivity contribution in [2.75, 3.05) is 13.1 Å². The lowest BCUT2D eigenvalue weighted by Gasteiger charge is -2.35. The lowest BCUT2D eigenvalue weighted by Crippen LogP contribution is -2.32. The van der Waals surface area contributed by atoms with Crippen LogP contribution in [-0.4, -0.2) is 29.8 Å². The Morgan fingerprint density at radius 1 is 1.00 bits per heavy atom. The number of imide groups is 1. The van der Waals surface area contributed by atoms with Gasteiger partial charge in [-0.25, -0.2) is 0 Å². The molecule has 0 fully saturated rings. The van der Waals surface area contributed by atoms with E-state index in [0.717, 1.165) is 25.7 Å². The van der Waals surface area contributed by atoms with Crippen LogP contribution >= 0.6 is 0 Å². The van der Waals surface area contributed by atoms with Gasteiger partial charge in [0.15, 0.2) is 0 Å². The lowest BCUT2D eigenvalue weighted by molar-refractivity contribution is -0.136. The van der Waals surface area contributed by atoms with Crippen molar-refractivity contribution in [3.05, 3.63) is 12.2 Å². The minimum Gasteiger partial charge on any atom is -0.330 e. The highest BCUT2D eigenvalue weighted by Crippen LogP contribution is 2.38. The molecule has 4 heteroatoms. The van der Waals surface area contributed by atoms with Gasteiger partial charge in [0.25, 0.3) is 11.8 Å². The second-order valence-corrected chi connectivity index (χ2v) is 7.31. The van der Waals surface area contributed by atoms with Crippen molar-refractivity contribution in [1.29, 1.82) is 0 Å². The summed E-state index contributed by atoms with van der Waals surface area (Å²) in [7, 11) is 0. The molecule has 1 aliphatic rings. The monoisotopic (exact) mass is 280 g/mol. The fourth-order valence-electron chi connectivity index (χ4n) is 3.23. The van der Waals surface area contributed by atoms with E-state index in [1.54, 1.807) is 0 Å². The van der Waals surface area contributed by atoms with Gasteiger partial charge in [-0.3, -0.25) is 14.5 Å². The number of hydrogen-bond donors (Lipinski definition) is 1. The van der Waals surface area contributed by atoms with E-state index in [9.17, 15) is 9.59 Å². The molecule has 1 rings (SSSR count). The number of carbonyl (C=O) groups is 2. The summed E-state index contributed by atoms with van der Waals surface area (Å²) in [6.45, 7) is 10.2. The molecule has 1 heterocycles. The van der Waals surface area contributed by atoms with Crippen LogP contribution in [0, 0.1) is 10.8 Å². The van der Waals surface area contributed by atoms with Crippen molar-refractivity contribution in [3.8, 4) is 0 Å². The number of rotatable bonds is 8. The SMILES string of the molecule is CC(C)(CCN)CC(C)(C)CCCN1C(=O)C=CC1=O. The fraction of sp³-hybridized carbons (Fsp3) is 0.750. The highest BCUT2D eigenvalue weighted by atomic mass is 16.2. The van der Waals surface area contributed by atoms with E-state index in [-0.39, 0.29) is 22.6 Å². The van der Waals surface area contributed by atoms with Gasteiger partial charge in [0.2, 0.25) is 0 Å². The van der Waals surface area contributed by atoms with Crippen LogP contribution < -0.4 is 5.73 Å². The van der Waals surface area contributed by atoms with Gasteiger partial charge < -0.3 is 5.73 Å². The van der Waals surface area contributed by atoms with Gasteiger partial charge in [-0.05, 0) is 43.1 Å². The standard InChI is InChI=1S/C16H28N2O2/c1-15(2,12-16(3,4)9-10-17)8-5-11-18-13(19)6-7-14(18)20/h6-7H,5,8-12,17H2,1-4H3. The molecule has 20 heavy (non-hydrogen) atoms. The van der Waals surface area contributed by atoms with Gasteiger partial charge >= 0.3 is 0 Å². The highest BCUT2D eigenvalue weighted by Gasteiger charge is 2.29. The number of nitrogens with two attached hydrogens (primary N) is 1. The molecule has 2 amide bonds. The van der Waals surface area contributed by atoms with Crippen LogP contribution in [0.5, 0.6) is 0 Å². The largest absolute Gasteiger partial charge is 0.330 e. The first kappa shape index (κ1) is 16.9. The van der Waals surface area contributed by atoms with E-state index in [4.69, 9.17) is 5.73 Å². The number of amides is 2. The summed E-state index contributed by atoms with van der Waals surface area (Å²) in [6.07, 6.45) is 6.65. The van der Waals surface area contributed by atoms with E-state index in [2.05, 4.69) is 27.7 Å². The van der Waals surface area contributed by atoms with Crippen molar-refractivity contribution in [2.24, 2.45) is 16.6 Å². The minimum atomic E-state index is -0.184. The maximum atomic E-state index is 11.5. The summed E-state index contributed by atoms with van der Waals surface area (Å²) in [5.74, 6) is -0.368. The quantitative estimate of drug-likeness (QED) is 0.695. The molecule has 1 aliphatic heterocycles. The molecular weight excluding hydrogens is 252 g/mol. The molecule has 0 spiro atoms. The average Bonchev–Trinajstić information content (AvgIpc) is 2.58. The van der Waals surface area contributed by atoms with Crippen LogP contribution in [0.3, 0.4) is 0 Å². The van der Waals surface area contributed by atoms with Gasteiger partial charge in [0.05, 0.1) is 0 Å². The van der Waals surface area contributed by atoms with E-state index >= 15 is 0 Å². The van der Waals surface area contributed by atoms with Crippen LogP contribution in [0.25, 0.3) is 0 Å². The molecule has 0 radical (unpaired) electrons. The first-order valence-corrected chi connectivity index (χ1v) is 7.40. The van der Waals surface area contributed by atoms with E-state index < -0.39 is 0 Å². The molecule has 0 bridgehead atoms. The summed E-state index contributed by atoms with van der Waals surface area (Å²) in [5.41, 5.74) is 6.09. The number of carbonyl (C=O) groups excluding carboxylic acids is 2. The summed E-state index contributed by atoms with van der Waals surface area (Å²) in [5, 5.41) is 0. The molecule has 4 nitrogen and oxygen atoms in total. The van der Waals surface area contributed by atoms with Crippen molar-refractivity contribution < 1.29 is 9.59 Å². The average molecular weight is 280 g/mol. The molecule has 0 aromatic carbocycles. The normalized spacial score (nSPS) is 16.4. The summed E-state index contributed by atoms with van der Waals surface area (Å²) >= 11 is 0. The zero-order chi connectivity index (χ0) is 15.4. The lowest BCUT2D eigenvalue weighted by atomic mass is 9.71.